The lowest BCUT2D eigenvalue weighted by atomic mass is 10.0. The first-order valence-corrected chi connectivity index (χ1v) is 8.47. The third-order valence-electron chi connectivity index (χ3n) is 4.70. The fourth-order valence-corrected chi connectivity index (χ4v) is 3.38. The summed E-state index contributed by atoms with van der Waals surface area (Å²) in [6.07, 6.45) is 0. The second kappa shape index (κ2) is 7.88. The van der Waals surface area contributed by atoms with Crippen molar-refractivity contribution in [1.82, 2.24) is 9.80 Å². The summed E-state index contributed by atoms with van der Waals surface area (Å²) in [5.74, 6) is 0.296. The van der Waals surface area contributed by atoms with Gasteiger partial charge in [-0.3, -0.25) is 9.80 Å². The van der Waals surface area contributed by atoms with Gasteiger partial charge in [-0.15, -0.1) is 0 Å². The number of piperazine rings is 1. The number of hydrogen-bond donors (Lipinski definition) is 2. The fourth-order valence-electron chi connectivity index (χ4n) is 3.38. The van der Waals surface area contributed by atoms with Crippen LogP contribution >= 0.6 is 0 Å². The predicted molar refractivity (Wildman–Crippen MR) is 96.1 cm³/mol. The van der Waals surface area contributed by atoms with Gasteiger partial charge in [0, 0.05) is 26.2 Å². The Kier molecular flexibility index (Phi) is 5.38. The van der Waals surface area contributed by atoms with E-state index in [0.29, 0.717) is 26.2 Å². The van der Waals surface area contributed by atoms with Gasteiger partial charge in [-0.25, -0.2) is 0 Å². The molecule has 0 aromatic heterocycles. The zero-order valence-corrected chi connectivity index (χ0v) is 14.3. The summed E-state index contributed by atoms with van der Waals surface area (Å²) in [7, 11) is 0. The summed E-state index contributed by atoms with van der Waals surface area (Å²) in [6, 6.07) is 17.3. The van der Waals surface area contributed by atoms with E-state index in [2.05, 4.69) is 21.9 Å². The van der Waals surface area contributed by atoms with E-state index in [1.807, 2.05) is 12.1 Å². The van der Waals surface area contributed by atoms with E-state index in [-0.39, 0.29) is 11.5 Å². The van der Waals surface area contributed by atoms with E-state index >= 15 is 0 Å². The van der Waals surface area contributed by atoms with Gasteiger partial charge in [0.25, 0.3) is 0 Å². The number of aromatic hydroxyl groups is 2. The van der Waals surface area contributed by atoms with Gasteiger partial charge in [-0.05, 0) is 35.4 Å². The molecule has 132 valence electrons. The molecule has 1 saturated heterocycles. The normalized spacial score (nSPS) is 17.8. The molecule has 0 saturated carbocycles. The Balaban J connectivity index is 1.70. The number of hydrogen-bond acceptors (Lipinski definition) is 6. The summed E-state index contributed by atoms with van der Waals surface area (Å²) in [5.41, 5.74) is 1.54. The Morgan fingerprint density at radius 1 is 0.731 bits per heavy atom. The van der Waals surface area contributed by atoms with Crippen LogP contribution in [0.5, 0.6) is 11.5 Å². The first-order chi connectivity index (χ1) is 12.6. The molecule has 1 aliphatic heterocycles. The molecule has 6 heteroatoms. The minimum atomic E-state index is -0.425. The third-order valence-corrected chi connectivity index (χ3v) is 4.70. The van der Waals surface area contributed by atoms with Crippen LogP contribution in [0.15, 0.2) is 48.5 Å². The maximum Gasteiger partial charge on any atom is 0.124 e. The lowest BCUT2D eigenvalue weighted by molar-refractivity contribution is 0.0978. The van der Waals surface area contributed by atoms with Crippen molar-refractivity contribution < 1.29 is 10.2 Å². The largest absolute Gasteiger partial charge is 0.508 e. The monoisotopic (exact) mass is 348 g/mol. The van der Waals surface area contributed by atoms with E-state index < -0.39 is 12.1 Å². The second-order valence-electron chi connectivity index (χ2n) is 6.33. The molecule has 0 unspecified atom stereocenters. The predicted octanol–water partition coefficient (Wildman–Crippen LogP) is 2.54. The number of phenolic OH excluding ortho intramolecular Hbond substituents is 2. The number of nitrogens with zero attached hydrogens (tertiary/aromatic N) is 4. The van der Waals surface area contributed by atoms with Crippen molar-refractivity contribution >= 4 is 0 Å². The minimum Gasteiger partial charge on any atom is -0.508 e. The molecule has 2 atom stereocenters. The van der Waals surface area contributed by atoms with Crippen LogP contribution in [0.3, 0.4) is 0 Å². The van der Waals surface area contributed by atoms with Gasteiger partial charge in [-0.1, -0.05) is 24.3 Å². The number of rotatable bonds is 4. The van der Waals surface area contributed by atoms with Crippen LogP contribution < -0.4 is 0 Å². The minimum absolute atomic E-state index is 0.148. The molecule has 3 rings (SSSR count). The average molecular weight is 348 g/mol. The van der Waals surface area contributed by atoms with Gasteiger partial charge < -0.3 is 10.2 Å². The molecule has 2 N–H and O–H groups in total. The van der Waals surface area contributed by atoms with Gasteiger partial charge in [0.05, 0.1) is 12.1 Å². The highest BCUT2D eigenvalue weighted by atomic mass is 16.3. The number of benzene rings is 2. The fraction of sp³-hybridized carbons (Fsp3) is 0.300. The molecule has 1 fully saturated rings. The molecule has 2 aromatic carbocycles. The maximum absolute atomic E-state index is 9.66. The lowest BCUT2D eigenvalue weighted by Crippen LogP contribution is -2.48. The van der Waals surface area contributed by atoms with Crippen molar-refractivity contribution in [1.29, 1.82) is 10.5 Å². The summed E-state index contributed by atoms with van der Waals surface area (Å²) in [6.45, 7) is 2.57. The summed E-state index contributed by atoms with van der Waals surface area (Å²) in [4.78, 5) is 4.12. The highest BCUT2D eigenvalue weighted by Crippen LogP contribution is 2.28. The van der Waals surface area contributed by atoms with Gasteiger partial charge in [0.2, 0.25) is 0 Å². The summed E-state index contributed by atoms with van der Waals surface area (Å²) < 4.78 is 0. The summed E-state index contributed by atoms with van der Waals surface area (Å²) >= 11 is 0. The van der Waals surface area contributed by atoms with Crippen molar-refractivity contribution in [3.63, 3.8) is 0 Å². The highest BCUT2D eigenvalue weighted by Gasteiger charge is 2.29. The van der Waals surface area contributed by atoms with Gasteiger partial charge in [0.15, 0.2) is 0 Å². The van der Waals surface area contributed by atoms with E-state index in [4.69, 9.17) is 0 Å². The van der Waals surface area contributed by atoms with Crippen LogP contribution in [0.1, 0.15) is 23.2 Å². The van der Waals surface area contributed by atoms with Crippen LogP contribution in [0, 0.1) is 22.7 Å². The van der Waals surface area contributed by atoms with Gasteiger partial charge >= 0.3 is 0 Å². The van der Waals surface area contributed by atoms with Crippen molar-refractivity contribution in [2.45, 2.75) is 12.1 Å². The molecule has 2 aromatic rings. The Bertz CT molecular complexity index is 776. The Morgan fingerprint density at radius 3 is 1.42 bits per heavy atom. The highest BCUT2D eigenvalue weighted by molar-refractivity contribution is 5.33. The molecular weight excluding hydrogens is 328 g/mol. The molecule has 6 nitrogen and oxygen atoms in total. The van der Waals surface area contributed by atoms with Crippen LogP contribution in [0.25, 0.3) is 0 Å². The molecule has 0 amide bonds. The quantitative estimate of drug-likeness (QED) is 0.882. The first kappa shape index (κ1) is 17.8. The van der Waals surface area contributed by atoms with Crippen LogP contribution in [0.2, 0.25) is 0 Å². The number of nitriles is 2. The molecule has 0 radical (unpaired) electrons. The zero-order chi connectivity index (χ0) is 18.5. The Morgan fingerprint density at radius 2 is 1.12 bits per heavy atom. The van der Waals surface area contributed by atoms with Gasteiger partial charge in [0.1, 0.15) is 23.6 Å². The van der Waals surface area contributed by atoms with Crippen molar-refractivity contribution in [2.75, 3.05) is 26.2 Å². The molecule has 1 heterocycles. The lowest BCUT2D eigenvalue weighted by Gasteiger charge is -2.38. The smallest absolute Gasteiger partial charge is 0.124 e. The van der Waals surface area contributed by atoms with Crippen LogP contribution in [-0.4, -0.2) is 46.2 Å². The SMILES string of the molecule is N#C[C@H](c1cccc(O)c1)N1CCN([C@@H](C#N)c2cccc(O)c2)CC1. The molecular formula is C20H20N4O2. The maximum atomic E-state index is 9.66. The molecule has 0 aliphatic carbocycles. The Hall–Kier alpha value is -3.06. The standard InChI is InChI=1S/C20H20N4O2/c21-13-19(15-3-1-5-17(25)11-15)23-7-9-24(10-8-23)20(14-22)16-4-2-6-18(26)12-16/h1-6,11-12,19-20,25-26H,7-10H2/t19-,20+. The van der Waals surface area contributed by atoms with Crippen LogP contribution in [-0.2, 0) is 0 Å². The molecule has 1 aliphatic rings. The van der Waals surface area contributed by atoms with E-state index in [0.717, 1.165) is 11.1 Å². The second-order valence-corrected chi connectivity index (χ2v) is 6.33. The average Bonchev–Trinajstić information content (AvgIpc) is 2.64. The molecule has 0 bridgehead atoms. The summed E-state index contributed by atoms with van der Waals surface area (Å²) in [5, 5.41) is 38.5. The first-order valence-electron chi connectivity index (χ1n) is 8.47. The molecule has 0 spiro atoms. The third kappa shape index (κ3) is 3.78. The van der Waals surface area contributed by atoms with E-state index in [9.17, 15) is 20.7 Å². The van der Waals surface area contributed by atoms with Crippen molar-refractivity contribution in [3.05, 3.63) is 59.7 Å². The zero-order valence-electron chi connectivity index (χ0n) is 14.3. The van der Waals surface area contributed by atoms with Crippen molar-refractivity contribution in [2.24, 2.45) is 0 Å². The van der Waals surface area contributed by atoms with Crippen molar-refractivity contribution in [3.8, 4) is 23.6 Å². The van der Waals surface area contributed by atoms with E-state index in [1.54, 1.807) is 36.4 Å². The van der Waals surface area contributed by atoms with Gasteiger partial charge in [-0.2, -0.15) is 10.5 Å². The number of phenols is 2. The van der Waals surface area contributed by atoms with E-state index in [1.165, 1.54) is 0 Å². The molecule has 26 heavy (non-hydrogen) atoms. The topological polar surface area (TPSA) is 94.5 Å². The van der Waals surface area contributed by atoms with Crippen LogP contribution in [0.4, 0.5) is 0 Å². The Labute approximate surface area is 152 Å².